The predicted molar refractivity (Wildman–Crippen MR) is 47.2 cm³/mol. The molecule has 2 unspecified atom stereocenters. The lowest BCUT2D eigenvalue weighted by molar-refractivity contribution is 0.286. The molecule has 0 saturated heterocycles. The maximum Gasteiger partial charge on any atom is 0.0253 e. The Balaban J connectivity index is 0.000000371. The summed E-state index contributed by atoms with van der Waals surface area (Å²) in [5.74, 6) is 0. The Bertz CT molecular complexity index is 95.3. The third-order valence-corrected chi connectivity index (χ3v) is 1.95. The molecule has 0 amide bonds. The molecule has 0 N–H and O–H groups in total. The third-order valence-electron chi connectivity index (χ3n) is 1.95. The highest BCUT2D eigenvalue weighted by molar-refractivity contribution is 5.05. The average molecular weight is 141 g/mol. The first-order valence-corrected chi connectivity index (χ1v) is 4.12. The third kappa shape index (κ3) is 2.14. The standard InChI is InChI=1S/C7H13N.C2H6/c1-6-4-5-7(2)8(6)3;1-2/h4-7H,1-3H3;1-2H3. The van der Waals surface area contributed by atoms with Gasteiger partial charge in [-0.15, -0.1) is 0 Å². The van der Waals surface area contributed by atoms with E-state index in [0.29, 0.717) is 12.1 Å². The number of rotatable bonds is 0. The van der Waals surface area contributed by atoms with Crippen LogP contribution in [0.1, 0.15) is 27.7 Å². The van der Waals surface area contributed by atoms with E-state index >= 15 is 0 Å². The summed E-state index contributed by atoms with van der Waals surface area (Å²) in [4.78, 5) is 2.33. The minimum Gasteiger partial charge on any atom is -0.294 e. The number of hydrogen-bond acceptors (Lipinski definition) is 1. The fraction of sp³-hybridized carbons (Fsp3) is 0.778. The molecule has 1 rings (SSSR count). The zero-order chi connectivity index (χ0) is 8.15. The summed E-state index contributed by atoms with van der Waals surface area (Å²) in [7, 11) is 2.15. The van der Waals surface area contributed by atoms with Gasteiger partial charge in [0.25, 0.3) is 0 Å². The van der Waals surface area contributed by atoms with E-state index in [1.54, 1.807) is 0 Å². The SMILES string of the molecule is CC.CC1C=CC(C)N1C. The van der Waals surface area contributed by atoms with Crippen molar-refractivity contribution in [2.24, 2.45) is 0 Å². The molecule has 1 heterocycles. The van der Waals surface area contributed by atoms with Crippen LogP contribution in [0.5, 0.6) is 0 Å². The predicted octanol–water partition coefficient (Wildman–Crippen LogP) is 2.29. The normalized spacial score (nSPS) is 31.7. The van der Waals surface area contributed by atoms with Crippen molar-refractivity contribution in [2.45, 2.75) is 39.8 Å². The number of hydrogen-bond donors (Lipinski definition) is 0. The highest BCUT2D eigenvalue weighted by Crippen LogP contribution is 2.11. The largest absolute Gasteiger partial charge is 0.294 e. The van der Waals surface area contributed by atoms with Gasteiger partial charge in [0.2, 0.25) is 0 Å². The van der Waals surface area contributed by atoms with E-state index in [2.05, 4.69) is 37.9 Å². The van der Waals surface area contributed by atoms with Crippen LogP contribution in [-0.4, -0.2) is 24.0 Å². The van der Waals surface area contributed by atoms with Gasteiger partial charge in [-0.05, 0) is 20.9 Å². The second kappa shape index (κ2) is 4.51. The molecule has 1 nitrogen and oxygen atoms in total. The van der Waals surface area contributed by atoms with Crippen molar-refractivity contribution in [3.63, 3.8) is 0 Å². The van der Waals surface area contributed by atoms with Gasteiger partial charge in [0.05, 0.1) is 0 Å². The highest BCUT2D eigenvalue weighted by atomic mass is 15.2. The smallest absolute Gasteiger partial charge is 0.0253 e. The molecule has 1 aliphatic rings. The average Bonchev–Trinajstić information content (AvgIpc) is 2.25. The first-order valence-electron chi connectivity index (χ1n) is 4.12. The van der Waals surface area contributed by atoms with Crippen molar-refractivity contribution in [2.75, 3.05) is 7.05 Å². The fourth-order valence-corrected chi connectivity index (χ4v) is 0.964. The molecule has 60 valence electrons. The summed E-state index contributed by atoms with van der Waals surface area (Å²) < 4.78 is 0. The fourth-order valence-electron chi connectivity index (χ4n) is 0.964. The second-order valence-corrected chi connectivity index (χ2v) is 2.53. The van der Waals surface area contributed by atoms with E-state index in [9.17, 15) is 0 Å². The van der Waals surface area contributed by atoms with Crippen LogP contribution < -0.4 is 0 Å². The van der Waals surface area contributed by atoms with Gasteiger partial charge in [-0.3, -0.25) is 4.90 Å². The van der Waals surface area contributed by atoms with Crippen LogP contribution in [0.15, 0.2) is 12.2 Å². The lowest BCUT2D eigenvalue weighted by Gasteiger charge is -2.19. The van der Waals surface area contributed by atoms with Crippen molar-refractivity contribution in [3.8, 4) is 0 Å². The van der Waals surface area contributed by atoms with Crippen LogP contribution in [0, 0.1) is 0 Å². The van der Waals surface area contributed by atoms with Gasteiger partial charge in [0.15, 0.2) is 0 Å². The minimum atomic E-state index is 0.644. The maximum absolute atomic E-state index is 2.33. The molecule has 10 heavy (non-hydrogen) atoms. The van der Waals surface area contributed by atoms with Gasteiger partial charge in [-0.2, -0.15) is 0 Å². The molecule has 0 saturated carbocycles. The van der Waals surface area contributed by atoms with E-state index in [1.165, 1.54) is 0 Å². The molecule has 0 aliphatic carbocycles. The zero-order valence-corrected chi connectivity index (χ0v) is 7.76. The van der Waals surface area contributed by atoms with E-state index in [1.807, 2.05) is 13.8 Å². The first kappa shape index (κ1) is 9.70. The van der Waals surface area contributed by atoms with Crippen molar-refractivity contribution in [1.82, 2.24) is 4.90 Å². The molecule has 0 bridgehead atoms. The molecule has 0 radical (unpaired) electrons. The zero-order valence-electron chi connectivity index (χ0n) is 7.76. The summed E-state index contributed by atoms with van der Waals surface area (Å²) in [6.45, 7) is 8.42. The Morgan fingerprint density at radius 2 is 1.30 bits per heavy atom. The lowest BCUT2D eigenvalue weighted by atomic mass is 10.3. The van der Waals surface area contributed by atoms with Gasteiger partial charge < -0.3 is 0 Å². The van der Waals surface area contributed by atoms with Gasteiger partial charge >= 0.3 is 0 Å². The number of nitrogens with zero attached hydrogens (tertiary/aromatic N) is 1. The quantitative estimate of drug-likeness (QED) is 0.468. The van der Waals surface area contributed by atoms with Gasteiger partial charge in [-0.1, -0.05) is 26.0 Å². The second-order valence-electron chi connectivity index (χ2n) is 2.53. The molecule has 2 atom stereocenters. The Morgan fingerprint density at radius 1 is 1.00 bits per heavy atom. The molecule has 0 aromatic heterocycles. The summed E-state index contributed by atoms with van der Waals surface area (Å²) >= 11 is 0. The molecule has 0 aromatic rings. The van der Waals surface area contributed by atoms with Crippen molar-refractivity contribution in [1.29, 1.82) is 0 Å². The lowest BCUT2D eigenvalue weighted by Crippen LogP contribution is -2.28. The summed E-state index contributed by atoms with van der Waals surface area (Å²) in [5.41, 5.74) is 0. The molecular formula is C9H19N. The first-order chi connectivity index (χ1) is 4.72. The van der Waals surface area contributed by atoms with Crippen LogP contribution in [0.4, 0.5) is 0 Å². The van der Waals surface area contributed by atoms with Crippen molar-refractivity contribution >= 4 is 0 Å². The molecule has 0 aromatic carbocycles. The Morgan fingerprint density at radius 3 is 1.40 bits per heavy atom. The Hall–Kier alpha value is -0.300. The topological polar surface area (TPSA) is 3.24 Å². The Labute approximate surface area is 64.7 Å². The Kier molecular flexibility index (Phi) is 4.37. The van der Waals surface area contributed by atoms with Gasteiger partial charge in [0.1, 0.15) is 0 Å². The van der Waals surface area contributed by atoms with Gasteiger partial charge in [0, 0.05) is 12.1 Å². The van der Waals surface area contributed by atoms with Crippen LogP contribution in [0.25, 0.3) is 0 Å². The minimum absolute atomic E-state index is 0.644. The van der Waals surface area contributed by atoms with Crippen LogP contribution in [0.2, 0.25) is 0 Å². The molecule has 1 aliphatic heterocycles. The molecule has 0 fully saturated rings. The van der Waals surface area contributed by atoms with Gasteiger partial charge in [-0.25, -0.2) is 0 Å². The summed E-state index contributed by atoms with van der Waals surface area (Å²) in [6, 6.07) is 1.29. The van der Waals surface area contributed by atoms with Crippen LogP contribution >= 0.6 is 0 Å². The number of likely N-dealkylation sites (N-methyl/N-ethyl adjacent to an activating group) is 1. The van der Waals surface area contributed by atoms with E-state index in [-0.39, 0.29) is 0 Å². The van der Waals surface area contributed by atoms with Crippen molar-refractivity contribution < 1.29 is 0 Å². The van der Waals surface area contributed by atoms with E-state index < -0.39 is 0 Å². The highest BCUT2D eigenvalue weighted by Gasteiger charge is 2.15. The molecular weight excluding hydrogens is 122 g/mol. The van der Waals surface area contributed by atoms with Crippen molar-refractivity contribution in [3.05, 3.63) is 12.2 Å². The molecule has 0 spiro atoms. The van der Waals surface area contributed by atoms with E-state index in [4.69, 9.17) is 0 Å². The van der Waals surface area contributed by atoms with E-state index in [0.717, 1.165) is 0 Å². The van der Waals surface area contributed by atoms with Crippen LogP contribution in [0.3, 0.4) is 0 Å². The monoisotopic (exact) mass is 141 g/mol. The maximum atomic E-state index is 2.33. The molecule has 1 heteroatoms. The van der Waals surface area contributed by atoms with Crippen LogP contribution in [-0.2, 0) is 0 Å². The summed E-state index contributed by atoms with van der Waals surface area (Å²) in [5, 5.41) is 0. The summed E-state index contributed by atoms with van der Waals surface area (Å²) in [6.07, 6.45) is 4.48.